The number of nitrogens with zero attached hydrogens (tertiary/aromatic N) is 1. The lowest BCUT2D eigenvalue weighted by Gasteiger charge is -2.19. The van der Waals surface area contributed by atoms with Crippen molar-refractivity contribution in [1.29, 1.82) is 0 Å². The molecule has 0 radical (unpaired) electrons. The Labute approximate surface area is 142 Å². The van der Waals surface area contributed by atoms with Gasteiger partial charge in [0.25, 0.3) is 11.8 Å². The van der Waals surface area contributed by atoms with Crippen LogP contribution >= 0.6 is 15.9 Å². The normalized spacial score (nSPS) is 14.6. The summed E-state index contributed by atoms with van der Waals surface area (Å²) in [5, 5.41) is 5.08. The van der Waals surface area contributed by atoms with Crippen molar-refractivity contribution in [1.82, 2.24) is 15.5 Å². The van der Waals surface area contributed by atoms with E-state index >= 15 is 0 Å². The van der Waals surface area contributed by atoms with Gasteiger partial charge in [-0.2, -0.15) is 0 Å². The van der Waals surface area contributed by atoms with Gasteiger partial charge in [0.1, 0.15) is 5.60 Å². The predicted octanol–water partition coefficient (Wildman–Crippen LogP) is 0.665. The van der Waals surface area contributed by atoms with Gasteiger partial charge in [0.05, 0.1) is 4.48 Å². The van der Waals surface area contributed by atoms with Gasteiger partial charge in [-0.3, -0.25) is 19.3 Å². The molecule has 2 N–H and O–H groups in total. The van der Waals surface area contributed by atoms with Crippen molar-refractivity contribution in [3.8, 4) is 0 Å². The summed E-state index contributed by atoms with van der Waals surface area (Å²) in [7, 11) is 0. The standard InChI is InChI=1S/C14H20BrN3O5/c1-14(2,3)23-13(22)17-6-5-16-10(19)4-7-18-11(20)8-9(15)12(18)21/h8H,4-7H2,1-3H3,(H,16,19)(H,17,22). The van der Waals surface area contributed by atoms with Crippen LogP contribution in [0.3, 0.4) is 0 Å². The van der Waals surface area contributed by atoms with Gasteiger partial charge in [-0.05, 0) is 36.7 Å². The molecule has 23 heavy (non-hydrogen) atoms. The molecule has 1 rings (SSSR count). The molecule has 0 saturated heterocycles. The van der Waals surface area contributed by atoms with Gasteiger partial charge in [-0.1, -0.05) is 0 Å². The highest BCUT2D eigenvalue weighted by Gasteiger charge is 2.29. The Bertz CT molecular complexity index is 539. The van der Waals surface area contributed by atoms with E-state index in [1.54, 1.807) is 20.8 Å². The number of amides is 4. The molecule has 0 fully saturated rings. The molecule has 0 bridgehead atoms. The number of imide groups is 1. The van der Waals surface area contributed by atoms with Crippen LogP contribution in [0.2, 0.25) is 0 Å². The first-order valence-electron chi connectivity index (χ1n) is 7.07. The molecule has 9 heteroatoms. The van der Waals surface area contributed by atoms with Crippen molar-refractivity contribution in [3.05, 3.63) is 10.6 Å². The van der Waals surface area contributed by atoms with Gasteiger partial charge in [0.2, 0.25) is 5.91 Å². The van der Waals surface area contributed by atoms with Crippen molar-refractivity contribution >= 4 is 39.7 Å². The fourth-order valence-corrected chi connectivity index (χ4v) is 2.08. The van der Waals surface area contributed by atoms with E-state index in [0.29, 0.717) is 0 Å². The van der Waals surface area contributed by atoms with Gasteiger partial charge >= 0.3 is 6.09 Å². The molecular weight excluding hydrogens is 370 g/mol. The Hall–Kier alpha value is -1.90. The number of hydrogen-bond donors (Lipinski definition) is 2. The summed E-state index contributed by atoms with van der Waals surface area (Å²) < 4.78 is 5.22. The monoisotopic (exact) mass is 389 g/mol. The molecule has 0 aromatic heterocycles. The maximum absolute atomic E-state index is 11.6. The predicted molar refractivity (Wildman–Crippen MR) is 85.6 cm³/mol. The summed E-state index contributed by atoms with van der Waals surface area (Å²) in [6.45, 7) is 5.71. The number of hydrogen-bond acceptors (Lipinski definition) is 5. The Morgan fingerprint density at radius 1 is 1.22 bits per heavy atom. The first-order chi connectivity index (χ1) is 10.6. The topological polar surface area (TPSA) is 105 Å². The second kappa shape index (κ2) is 8.09. The number of ether oxygens (including phenoxy) is 1. The largest absolute Gasteiger partial charge is 0.444 e. The van der Waals surface area contributed by atoms with Crippen molar-refractivity contribution < 1.29 is 23.9 Å². The fourth-order valence-electron chi connectivity index (χ4n) is 1.67. The summed E-state index contributed by atoms with van der Waals surface area (Å²) in [4.78, 5) is 47.0. The summed E-state index contributed by atoms with van der Waals surface area (Å²) in [5.74, 6) is -1.21. The third-order valence-corrected chi connectivity index (χ3v) is 3.21. The van der Waals surface area contributed by atoms with Crippen molar-refractivity contribution in [2.75, 3.05) is 19.6 Å². The highest BCUT2D eigenvalue weighted by Crippen LogP contribution is 2.17. The molecule has 0 aliphatic carbocycles. The van der Waals surface area contributed by atoms with Gasteiger partial charge in [-0.25, -0.2) is 4.79 Å². The summed E-state index contributed by atoms with van der Waals surface area (Å²) in [5.41, 5.74) is -0.579. The summed E-state index contributed by atoms with van der Waals surface area (Å²) in [6, 6.07) is 0. The molecule has 0 saturated carbocycles. The van der Waals surface area contributed by atoms with Crippen molar-refractivity contribution in [3.63, 3.8) is 0 Å². The molecule has 1 aliphatic heterocycles. The number of carbonyl (C=O) groups excluding carboxylic acids is 4. The van der Waals surface area contributed by atoms with Gasteiger partial charge in [-0.15, -0.1) is 0 Å². The third-order valence-electron chi connectivity index (χ3n) is 2.64. The van der Waals surface area contributed by atoms with E-state index in [4.69, 9.17) is 4.74 Å². The third kappa shape index (κ3) is 6.81. The average molecular weight is 390 g/mol. The molecule has 0 aromatic carbocycles. The number of rotatable bonds is 6. The average Bonchev–Trinajstić information content (AvgIpc) is 2.64. The van der Waals surface area contributed by atoms with Crippen LogP contribution in [0.5, 0.6) is 0 Å². The van der Waals surface area contributed by atoms with E-state index < -0.39 is 23.5 Å². The Kier molecular flexibility index (Phi) is 6.74. The molecule has 0 atom stereocenters. The zero-order chi connectivity index (χ0) is 17.6. The van der Waals surface area contributed by atoms with Gasteiger partial charge < -0.3 is 15.4 Å². The van der Waals surface area contributed by atoms with Crippen LogP contribution in [0.25, 0.3) is 0 Å². The maximum Gasteiger partial charge on any atom is 0.407 e. The zero-order valence-corrected chi connectivity index (χ0v) is 14.9. The highest BCUT2D eigenvalue weighted by atomic mass is 79.9. The molecule has 1 heterocycles. The van der Waals surface area contributed by atoms with Crippen LogP contribution in [-0.4, -0.2) is 54.0 Å². The smallest absolute Gasteiger partial charge is 0.407 e. The lowest BCUT2D eigenvalue weighted by molar-refractivity contribution is -0.137. The molecule has 128 valence electrons. The number of alkyl carbamates (subject to hydrolysis) is 1. The Morgan fingerprint density at radius 3 is 2.35 bits per heavy atom. The van der Waals surface area contributed by atoms with E-state index in [2.05, 4.69) is 26.6 Å². The number of halogens is 1. The molecule has 4 amide bonds. The molecule has 0 spiro atoms. The first-order valence-corrected chi connectivity index (χ1v) is 7.86. The maximum atomic E-state index is 11.6. The van der Waals surface area contributed by atoms with Crippen LogP contribution in [-0.2, 0) is 19.1 Å². The van der Waals surface area contributed by atoms with Crippen LogP contribution in [0, 0.1) is 0 Å². The highest BCUT2D eigenvalue weighted by molar-refractivity contribution is 9.12. The van der Waals surface area contributed by atoms with Crippen molar-refractivity contribution in [2.24, 2.45) is 0 Å². The minimum atomic E-state index is -0.579. The van der Waals surface area contributed by atoms with E-state index in [1.165, 1.54) is 6.08 Å². The summed E-state index contributed by atoms with van der Waals surface area (Å²) >= 11 is 2.97. The van der Waals surface area contributed by atoms with Gasteiger partial charge in [0.15, 0.2) is 0 Å². The summed E-state index contributed by atoms with van der Waals surface area (Å²) in [6.07, 6.45) is 0.610. The Balaban J connectivity index is 2.17. The minimum Gasteiger partial charge on any atom is -0.444 e. The minimum absolute atomic E-state index is 0.00195. The Morgan fingerprint density at radius 2 is 1.83 bits per heavy atom. The van der Waals surface area contributed by atoms with E-state index in [0.717, 1.165) is 4.90 Å². The molecule has 1 aliphatic rings. The molecule has 0 unspecified atom stereocenters. The molecule has 0 aromatic rings. The molecule has 8 nitrogen and oxygen atoms in total. The fraction of sp³-hybridized carbons (Fsp3) is 0.571. The second-order valence-electron chi connectivity index (χ2n) is 5.82. The van der Waals surface area contributed by atoms with Gasteiger partial charge in [0, 0.05) is 32.1 Å². The number of carbonyl (C=O) groups is 4. The molecular formula is C14H20BrN3O5. The lowest BCUT2D eigenvalue weighted by atomic mass is 10.2. The van der Waals surface area contributed by atoms with E-state index in [-0.39, 0.29) is 36.4 Å². The van der Waals surface area contributed by atoms with Crippen LogP contribution in [0.4, 0.5) is 4.79 Å². The van der Waals surface area contributed by atoms with E-state index in [1.807, 2.05) is 0 Å². The van der Waals surface area contributed by atoms with E-state index in [9.17, 15) is 19.2 Å². The number of nitrogens with one attached hydrogen (secondary N) is 2. The SMILES string of the molecule is CC(C)(C)OC(=O)NCCNC(=O)CCN1C(=O)C=C(Br)C1=O. The van der Waals surface area contributed by atoms with Crippen LogP contribution < -0.4 is 10.6 Å². The lowest BCUT2D eigenvalue weighted by Crippen LogP contribution is -2.39. The van der Waals surface area contributed by atoms with Crippen LogP contribution in [0.15, 0.2) is 10.6 Å². The quantitative estimate of drug-likeness (QED) is 0.512. The first kappa shape index (κ1) is 19.1. The van der Waals surface area contributed by atoms with Crippen LogP contribution in [0.1, 0.15) is 27.2 Å². The van der Waals surface area contributed by atoms with Crippen molar-refractivity contribution in [2.45, 2.75) is 32.8 Å². The zero-order valence-electron chi connectivity index (χ0n) is 13.3. The second-order valence-corrected chi connectivity index (χ2v) is 6.67.